The van der Waals surface area contributed by atoms with Crippen molar-refractivity contribution in [1.29, 1.82) is 0 Å². The molecule has 0 bridgehead atoms. The van der Waals surface area contributed by atoms with Gasteiger partial charge in [-0.15, -0.1) is 6.58 Å². The molecule has 166 valence electrons. The minimum absolute atomic E-state index is 0.0766. The predicted molar refractivity (Wildman–Crippen MR) is 119 cm³/mol. The van der Waals surface area contributed by atoms with Gasteiger partial charge in [0.25, 0.3) is 0 Å². The van der Waals surface area contributed by atoms with Crippen molar-refractivity contribution < 1.29 is 22.7 Å². The van der Waals surface area contributed by atoms with Gasteiger partial charge in [-0.3, -0.25) is 0 Å². The average Bonchev–Trinajstić information content (AvgIpc) is 2.81. The van der Waals surface area contributed by atoms with Crippen molar-refractivity contribution in [3.63, 3.8) is 0 Å². The molecule has 1 saturated carbocycles. The Morgan fingerprint density at radius 2 is 1.69 bits per heavy atom. The Hall–Kier alpha value is -3.08. The zero-order valence-electron chi connectivity index (χ0n) is 17.8. The summed E-state index contributed by atoms with van der Waals surface area (Å²) >= 11 is 0. The molecule has 32 heavy (non-hydrogen) atoms. The van der Waals surface area contributed by atoms with Gasteiger partial charge in [-0.2, -0.15) is 0 Å². The first kappa shape index (κ1) is 22.1. The number of hydrogen-bond acceptors (Lipinski definition) is 2. The summed E-state index contributed by atoms with van der Waals surface area (Å²) in [5.74, 6) is -3.22. The van der Waals surface area contributed by atoms with Gasteiger partial charge in [-0.05, 0) is 97.7 Å². The molecule has 0 heterocycles. The summed E-state index contributed by atoms with van der Waals surface area (Å²) in [5, 5.41) is 0.0398. The van der Waals surface area contributed by atoms with E-state index in [0.717, 1.165) is 31.2 Å². The molecule has 2 nitrogen and oxygen atoms in total. The van der Waals surface area contributed by atoms with Crippen molar-refractivity contribution in [2.75, 3.05) is 0 Å². The van der Waals surface area contributed by atoms with E-state index in [1.165, 1.54) is 43.0 Å². The maximum absolute atomic E-state index is 13.9. The van der Waals surface area contributed by atoms with Gasteiger partial charge in [0.15, 0.2) is 17.5 Å². The molecule has 4 rings (SSSR count). The summed E-state index contributed by atoms with van der Waals surface area (Å²) in [5.41, 5.74) is 1.62. The van der Waals surface area contributed by atoms with E-state index in [-0.39, 0.29) is 16.5 Å². The van der Waals surface area contributed by atoms with Crippen LogP contribution in [0.15, 0.2) is 61.2 Å². The minimum Gasteiger partial charge on any atom is -0.423 e. The zero-order valence-corrected chi connectivity index (χ0v) is 17.8. The van der Waals surface area contributed by atoms with Gasteiger partial charge in [0, 0.05) is 5.39 Å². The summed E-state index contributed by atoms with van der Waals surface area (Å²) in [6, 6.07) is 12.3. The number of halogens is 3. The second-order valence-electron chi connectivity index (χ2n) is 8.46. The minimum atomic E-state index is -1.52. The van der Waals surface area contributed by atoms with Crippen LogP contribution < -0.4 is 4.74 Å². The fraction of sp³-hybridized carbons (Fsp3) is 0.296. The Morgan fingerprint density at radius 3 is 2.38 bits per heavy atom. The molecule has 1 aliphatic rings. The van der Waals surface area contributed by atoms with Crippen LogP contribution in [0.1, 0.15) is 60.4 Å². The highest BCUT2D eigenvalue weighted by Crippen LogP contribution is 2.37. The lowest BCUT2D eigenvalue weighted by Gasteiger charge is -2.28. The Morgan fingerprint density at radius 1 is 0.969 bits per heavy atom. The number of rotatable bonds is 6. The lowest BCUT2D eigenvalue weighted by Crippen LogP contribution is -2.14. The van der Waals surface area contributed by atoms with Gasteiger partial charge in [-0.25, -0.2) is 18.0 Å². The van der Waals surface area contributed by atoms with E-state index in [0.29, 0.717) is 11.5 Å². The van der Waals surface area contributed by atoms with Gasteiger partial charge in [-0.1, -0.05) is 18.2 Å². The highest BCUT2D eigenvalue weighted by atomic mass is 19.2. The van der Waals surface area contributed by atoms with Gasteiger partial charge in [0.2, 0.25) is 0 Å². The fourth-order valence-corrected chi connectivity index (χ4v) is 4.54. The van der Waals surface area contributed by atoms with Crippen molar-refractivity contribution >= 4 is 16.7 Å². The van der Waals surface area contributed by atoms with Crippen LogP contribution in [-0.4, -0.2) is 5.97 Å². The van der Waals surface area contributed by atoms with Crippen LogP contribution in [0.2, 0.25) is 0 Å². The molecule has 1 aliphatic carbocycles. The lowest BCUT2D eigenvalue weighted by molar-refractivity contribution is 0.0735. The van der Waals surface area contributed by atoms with Crippen molar-refractivity contribution in [3.05, 3.63) is 89.8 Å². The van der Waals surface area contributed by atoms with Crippen LogP contribution in [0.25, 0.3) is 10.8 Å². The number of ether oxygens (including phenoxy) is 1. The first-order valence-electron chi connectivity index (χ1n) is 11.0. The smallest absolute Gasteiger partial charge is 0.343 e. The standard InChI is InChI=1S/C27H25F3O2/c1-2-3-4-17-5-7-18(8-6-17)19-9-11-20(12-10-19)27(31)32-22-13-14-23-21(15-22)16-24(28)26(30)25(23)29/h2,9-18H,1,3-8H2. The third-order valence-corrected chi connectivity index (χ3v) is 6.40. The molecule has 5 heteroatoms. The molecule has 0 radical (unpaired) electrons. The summed E-state index contributed by atoms with van der Waals surface area (Å²) < 4.78 is 46.1. The molecular weight excluding hydrogens is 413 g/mol. The quantitative estimate of drug-likeness (QED) is 0.170. The second kappa shape index (κ2) is 9.60. The molecule has 0 saturated heterocycles. The molecule has 3 aromatic carbocycles. The first-order valence-corrected chi connectivity index (χ1v) is 11.0. The first-order chi connectivity index (χ1) is 15.5. The number of allylic oxidation sites excluding steroid dienone is 1. The molecule has 0 unspecified atom stereocenters. The number of fused-ring (bicyclic) bond motifs is 1. The van der Waals surface area contributed by atoms with E-state index in [4.69, 9.17) is 4.74 Å². The van der Waals surface area contributed by atoms with Gasteiger partial charge >= 0.3 is 5.97 Å². The number of benzene rings is 3. The molecule has 0 N–H and O–H groups in total. The highest BCUT2D eigenvalue weighted by Gasteiger charge is 2.22. The molecule has 0 atom stereocenters. The third kappa shape index (κ3) is 4.72. The van der Waals surface area contributed by atoms with E-state index < -0.39 is 23.4 Å². The Labute approximate surface area is 185 Å². The van der Waals surface area contributed by atoms with Gasteiger partial charge in [0.1, 0.15) is 5.75 Å². The number of hydrogen-bond donors (Lipinski definition) is 0. The summed E-state index contributed by atoms with van der Waals surface area (Å²) in [4.78, 5) is 12.5. The Balaban J connectivity index is 1.41. The van der Waals surface area contributed by atoms with Crippen LogP contribution in [-0.2, 0) is 0 Å². The lowest BCUT2D eigenvalue weighted by atomic mass is 9.77. The van der Waals surface area contributed by atoms with E-state index in [1.54, 1.807) is 12.1 Å². The van der Waals surface area contributed by atoms with E-state index in [1.807, 2.05) is 18.2 Å². The number of esters is 1. The Kier molecular flexibility index (Phi) is 6.63. The van der Waals surface area contributed by atoms with Crippen molar-refractivity contribution in [2.24, 2.45) is 5.92 Å². The molecule has 3 aromatic rings. The summed E-state index contributed by atoms with van der Waals surface area (Å²) in [6.45, 7) is 3.80. The third-order valence-electron chi connectivity index (χ3n) is 6.40. The maximum Gasteiger partial charge on any atom is 0.343 e. The fourth-order valence-electron chi connectivity index (χ4n) is 4.54. The highest BCUT2D eigenvalue weighted by molar-refractivity contribution is 5.92. The largest absolute Gasteiger partial charge is 0.423 e. The Bertz CT molecular complexity index is 1130. The molecule has 0 aliphatic heterocycles. The molecule has 1 fully saturated rings. The van der Waals surface area contributed by atoms with Crippen LogP contribution >= 0.6 is 0 Å². The second-order valence-corrected chi connectivity index (χ2v) is 8.46. The summed E-state index contributed by atoms with van der Waals surface area (Å²) in [6.07, 6.45) is 9.00. The van der Waals surface area contributed by atoms with Crippen LogP contribution in [0.3, 0.4) is 0 Å². The SMILES string of the molecule is C=CCCC1CCC(c2ccc(C(=O)Oc3ccc4c(F)c(F)c(F)cc4c3)cc2)CC1. The van der Waals surface area contributed by atoms with Crippen molar-refractivity contribution in [3.8, 4) is 5.75 Å². The van der Waals surface area contributed by atoms with Crippen LogP contribution in [0, 0.1) is 23.4 Å². The van der Waals surface area contributed by atoms with Crippen molar-refractivity contribution in [1.82, 2.24) is 0 Å². The normalized spacial score (nSPS) is 18.5. The van der Waals surface area contributed by atoms with E-state index in [2.05, 4.69) is 6.58 Å². The maximum atomic E-state index is 13.9. The van der Waals surface area contributed by atoms with Gasteiger partial charge < -0.3 is 4.74 Å². The van der Waals surface area contributed by atoms with Gasteiger partial charge in [0.05, 0.1) is 5.56 Å². The molecular formula is C27H25F3O2. The molecule has 0 amide bonds. The number of carbonyl (C=O) groups is 1. The molecule has 0 aromatic heterocycles. The average molecular weight is 438 g/mol. The number of carbonyl (C=O) groups excluding carboxylic acids is 1. The topological polar surface area (TPSA) is 26.3 Å². The van der Waals surface area contributed by atoms with E-state index in [9.17, 15) is 18.0 Å². The van der Waals surface area contributed by atoms with Crippen LogP contribution in [0.4, 0.5) is 13.2 Å². The van der Waals surface area contributed by atoms with Crippen molar-refractivity contribution in [2.45, 2.75) is 44.4 Å². The molecule has 0 spiro atoms. The monoisotopic (exact) mass is 438 g/mol. The van der Waals surface area contributed by atoms with E-state index >= 15 is 0 Å². The van der Waals surface area contributed by atoms with Crippen LogP contribution in [0.5, 0.6) is 5.75 Å². The summed E-state index contributed by atoms with van der Waals surface area (Å²) in [7, 11) is 0. The predicted octanol–water partition coefficient (Wildman–Crippen LogP) is 7.72. The zero-order chi connectivity index (χ0) is 22.7.